The molecule has 1 aliphatic rings. The Morgan fingerprint density at radius 2 is 2.04 bits per heavy atom. The van der Waals surface area contributed by atoms with E-state index in [1.54, 1.807) is 25.3 Å². The molecule has 1 aliphatic heterocycles. The average molecular weight is 338 g/mol. The van der Waals surface area contributed by atoms with Crippen molar-refractivity contribution in [3.05, 3.63) is 47.7 Å². The van der Waals surface area contributed by atoms with Gasteiger partial charge in [-0.25, -0.2) is 0 Å². The SMILES string of the molecule is COc1ccc2[nH]c(C)c(CC(=O)Nc3ccc4c(c3)OCO4)c2c1. The van der Waals surface area contributed by atoms with Gasteiger partial charge < -0.3 is 24.5 Å². The molecule has 2 aromatic carbocycles. The van der Waals surface area contributed by atoms with Crippen molar-refractivity contribution in [1.29, 1.82) is 0 Å². The quantitative estimate of drug-likeness (QED) is 0.765. The Balaban J connectivity index is 1.56. The fourth-order valence-corrected chi connectivity index (χ4v) is 3.06. The number of hydrogen-bond acceptors (Lipinski definition) is 4. The number of fused-ring (bicyclic) bond motifs is 2. The van der Waals surface area contributed by atoms with E-state index >= 15 is 0 Å². The van der Waals surface area contributed by atoms with Gasteiger partial charge in [0.15, 0.2) is 11.5 Å². The highest BCUT2D eigenvalue weighted by molar-refractivity contribution is 5.97. The van der Waals surface area contributed by atoms with Gasteiger partial charge in [0.25, 0.3) is 0 Å². The number of aromatic amines is 1. The van der Waals surface area contributed by atoms with Crippen molar-refractivity contribution >= 4 is 22.5 Å². The molecule has 3 aromatic rings. The molecule has 4 rings (SSSR count). The van der Waals surface area contributed by atoms with Crippen molar-refractivity contribution in [3.63, 3.8) is 0 Å². The minimum atomic E-state index is -0.0920. The summed E-state index contributed by atoms with van der Waals surface area (Å²) in [4.78, 5) is 15.8. The monoisotopic (exact) mass is 338 g/mol. The Labute approximate surface area is 144 Å². The summed E-state index contributed by atoms with van der Waals surface area (Å²) in [6, 6.07) is 11.2. The number of hydrogen-bond donors (Lipinski definition) is 2. The Hall–Kier alpha value is -3.15. The molecule has 2 heterocycles. The molecule has 0 atom stereocenters. The van der Waals surface area contributed by atoms with Crippen LogP contribution in [0.3, 0.4) is 0 Å². The lowest BCUT2D eigenvalue weighted by molar-refractivity contribution is -0.115. The lowest BCUT2D eigenvalue weighted by Crippen LogP contribution is -2.14. The lowest BCUT2D eigenvalue weighted by atomic mass is 10.1. The Morgan fingerprint density at radius 3 is 2.88 bits per heavy atom. The molecule has 6 heteroatoms. The number of methoxy groups -OCH3 is 1. The third-order valence-electron chi connectivity index (χ3n) is 4.32. The molecule has 6 nitrogen and oxygen atoms in total. The van der Waals surface area contributed by atoms with Gasteiger partial charge in [-0.1, -0.05) is 0 Å². The average Bonchev–Trinajstić information content (AvgIpc) is 3.19. The molecule has 0 radical (unpaired) electrons. The van der Waals surface area contributed by atoms with Crippen molar-refractivity contribution in [2.45, 2.75) is 13.3 Å². The summed E-state index contributed by atoms with van der Waals surface area (Å²) in [6.07, 6.45) is 0.271. The van der Waals surface area contributed by atoms with Crippen LogP contribution in [0.25, 0.3) is 10.9 Å². The number of aromatic nitrogens is 1. The number of rotatable bonds is 4. The number of carbonyl (C=O) groups excluding carboxylic acids is 1. The van der Waals surface area contributed by atoms with Crippen LogP contribution in [0.1, 0.15) is 11.3 Å². The van der Waals surface area contributed by atoms with E-state index in [4.69, 9.17) is 14.2 Å². The Kier molecular flexibility index (Phi) is 3.72. The summed E-state index contributed by atoms with van der Waals surface area (Å²) in [5, 5.41) is 3.91. The highest BCUT2D eigenvalue weighted by Crippen LogP contribution is 2.34. The topological polar surface area (TPSA) is 72.6 Å². The number of ether oxygens (including phenoxy) is 3. The Bertz CT molecular complexity index is 961. The fourth-order valence-electron chi connectivity index (χ4n) is 3.06. The normalized spacial score (nSPS) is 12.4. The van der Waals surface area contributed by atoms with Gasteiger partial charge in [0, 0.05) is 28.4 Å². The second-order valence-corrected chi connectivity index (χ2v) is 5.93. The summed E-state index contributed by atoms with van der Waals surface area (Å²) in [6.45, 7) is 2.18. The number of H-pyrrole nitrogens is 1. The first kappa shape index (κ1) is 15.4. The number of carbonyl (C=O) groups is 1. The van der Waals surface area contributed by atoms with E-state index in [0.29, 0.717) is 17.2 Å². The van der Waals surface area contributed by atoms with Gasteiger partial charge in [0.05, 0.1) is 13.5 Å². The zero-order chi connectivity index (χ0) is 17.4. The van der Waals surface area contributed by atoms with Crippen LogP contribution in [0.5, 0.6) is 17.2 Å². The molecule has 1 aromatic heterocycles. The lowest BCUT2D eigenvalue weighted by Gasteiger charge is -2.07. The van der Waals surface area contributed by atoms with Gasteiger partial charge in [-0.05, 0) is 42.8 Å². The van der Waals surface area contributed by atoms with Crippen LogP contribution in [0.15, 0.2) is 36.4 Å². The van der Waals surface area contributed by atoms with E-state index in [1.165, 1.54) is 0 Å². The molecule has 0 aliphatic carbocycles. The summed E-state index contributed by atoms with van der Waals surface area (Å²) in [7, 11) is 1.63. The number of amides is 1. The molecular weight excluding hydrogens is 320 g/mol. The van der Waals surface area contributed by atoms with Crippen molar-refractivity contribution in [1.82, 2.24) is 4.98 Å². The van der Waals surface area contributed by atoms with Gasteiger partial charge in [0.2, 0.25) is 12.7 Å². The van der Waals surface area contributed by atoms with Gasteiger partial charge in [0.1, 0.15) is 5.75 Å². The van der Waals surface area contributed by atoms with Gasteiger partial charge in [-0.3, -0.25) is 4.79 Å². The molecule has 0 saturated heterocycles. The maximum atomic E-state index is 12.5. The van der Waals surface area contributed by atoms with Gasteiger partial charge >= 0.3 is 0 Å². The van der Waals surface area contributed by atoms with Crippen LogP contribution < -0.4 is 19.5 Å². The largest absolute Gasteiger partial charge is 0.497 e. The van der Waals surface area contributed by atoms with E-state index in [0.717, 1.165) is 27.9 Å². The third kappa shape index (κ3) is 2.87. The van der Waals surface area contributed by atoms with Crippen LogP contribution in [0.2, 0.25) is 0 Å². The number of benzene rings is 2. The molecule has 0 saturated carbocycles. The first-order valence-corrected chi connectivity index (χ1v) is 7.99. The zero-order valence-corrected chi connectivity index (χ0v) is 14.0. The van der Waals surface area contributed by atoms with Crippen LogP contribution in [0.4, 0.5) is 5.69 Å². The van der Waals surface area contributed by atoms with Crippen LogP contribution >= 0.6 is 0 Å². The smallest absolute Gasteiger partial charge is 0.231 e. The summed E-state index contributed by atoms with van der Waals surface area (Å²) >= 11 is 0. The highest BCUT2D eigenvalue weighted by Gasteiger charge is 2.16. The summed E-state index contributed by atoms with van der Waals surface area (Å²) in [5.41, 5.74) is 3.62. The van der Waals surface area contributed by atoms with Gasteiger partial charge in [-0.2, -0.15) is 0 Å². The van der Waals surface area contributed by atoms with Crippen molar-refractivity contribution in [2.75, 3.05) is 19.2 Å². The number of aryl methyl sites for hydroxylation is 1. The minimum absolute atomic E-state index is 0.0920. The molecule has 25 heavy (non-hydrogen) atoms. The standard InChI is InChI=1S/C19H18N2O4/c1-11-14(15-8-13(23-2)4-5-16(15)20-11)9-19(22)21-12-3-6-17-18(7-12)25-10-24-17/h3-8,20H,9-10H2,1-2H3,(H,21,22). The fraction of sp³-hybridized carbons (Fsp3) is 0.211. The first-order valence-electron chi connectivity index (χ1n) is 7.99. The molecular formula is C19H18N2O4. The van der Waals surface area contributed by atoms with E-state index in [9.17, 15) is 4.79 Å². The van der Waals surface area contributed by atoms with Gasteiger partial charge in [-0.15, -0.1) is 0 Å². The molecule has 0 unspecified atom stereocenters. The summed E-state index contributed by atoms with van der Waals surface area (Å²) < 4.78 is 15.9. The minimum Gasteiger partial charge on any atom is -0.497 e. The van der Waals surface area contributed by atoms with Crippen LogP contribution in [-0.2, 0) is 11.2 Å². The summed E-state index contributed by atoms with van der Waals surface area (Å²) in [5.74, 6) is 2.01. The van der Waals surface area contributed by atoms with E-state index in [-0.39, 0.29) is 19.1 Å². The maximum absolute atomic E-state index is 12.5. The van der Waals surface area contributed by atoms with Crippen molar-refractivity contribution in [3.8, 4) is 17.2 Å². The van der Waals surface area contributed by atoms with E-state index in [1.807, 2.05) is 25.1 Å². The first-order chi connectivity index (χ1) is 12.1. The molecule has 2 N–H and O–H groups in total. The molecule has 128 valence electrons. The second kappa shape index (κ2) is 6.05. The molecule has 0 bridgehead atoms. The van der Waals surface area contributed by atoms with E-state index in [2.05, 4.69) is 10.3 Å². The molecule has 0 spiro atoms. The predicted octanol–water partition coefficient (Wildman–Crippen LogP) is 3.39. The van der Waals surface area contributed by atoms with Crippen molar-refractivity contribution in [2.24, 2.45) is 0 Å². The van der Waals surface area contributed by atoms with Crippen LogP contribution in [0, 0.1) is 6.92 Å². The molecule has 0 fully saturated rings. The van der Waals surface area contributed by atoms with Crippen LogP contribution in [-0.4, -0.2) is 24.8 Å². The Morgan fingerprint density at radius 1 is 1.20 bits per heavy atom. The number of anilines is 1. The zero-order valence-electron chi connectivity index (χ0n) is 14.0. The molecule has 1 amide bonds. The van der Waals surface area contributed by atoms with Crippen molar-refractivity contribution < 1.29 is 19.0 Å². The maximum Gasteiger partial charge on any atom is 0.231 e. The third-order valence-corrected chi connectivity index (χ3v) is 4.32. The number of nitrogens with one attached hydrogen (secondary N) is 2. The van der Waals surface area contributed by atoms with E-state index < -0.39 is 0 Å². The predicted molar refractivity (Wildman–Crippen MR) is 94.5 cm³/mol. The second-order valence-electron chi connectivity index (χ2n) is 5.93. The highest BCUT2D eigenvalue weighted by atomic mass is 16.7.